The molecule has 3 rings (SSSR count). The molecule has 5 heteroatoms. The number of methoxy groups -OCH3 is 1. The predicted molar refractivity (Wildman–Crippen MR) is 96.5 cm³/mol. The van der Waals surface area contributed by atoms with E-state index in [1.807, 2.05) is 6.07 Å². The minimum absolute atomic E-state index is 0.333. The number of hydrogen-bond donors (Lipinski definition) is 1. The molecule has 0 saturated carbocycles. The van der Waals surface area contributed by atoms with E-state index in [1.54, 1.807) is 19.5 Å². The van der Waals surface area contributed by atoms with Crippen LogP contribution in [0, 0.1) is 6.92 Å². The number of ether oxygens (including phenoxy) is 1. The van der Waals surface area contributed by atoms with Crippen molar-refractivity contribution in [3.8, 4) is 5.75 Å². The lowest BCUT2D eigenvalue weighted by molar-refractivity contribution is 0.378. The summed E-state index contributed by atoms with van der Waals surface area (Å²) < 4.78 is 5.35. The molecule has 1 saturated heterocycles. The predicted octanol–water partition coefficient (Wildman–Crippen LogP) is 3.11. The molecule has 1 atom stereocenters. The monoisotopic (exact) mass is 326 g/mol. The Labute approximate surface area is 144 Å². The zero-order valence-corrected chi connectivity index (χ0v) is 14.7. The van der Waals surface area contributed by atoms with Crippen molar-refractivity contribution in [3.63, 3.8) is 0 Å². The van der Waals surface area contributed by atoms with E-state index >= 15 is 0 Å². The van der Waals surface area contributed by atoms with Crippen molar-refractivity contribution in [2.24, 2.45) is 0 Å². The SMILES string of the molecule is COc1ccc([C@@H](C)NC2CCN(c3ncccn3)CC2)cc1C. The van der Waals surface area contributed by atoms with Gasteiger partial charge in [-0.2, -0.15) is 0 Å². The van der Waals surface area contributed by atoms with Crippen molar-refractivity contribution < 1.29 is 4.74 Å². The van der Waals surface area contributed by atoms with Crippen molar-refractivity contribution in [3.05, 3.63) is 47.8 Å². The molecular weight excluding hydrogens is 300 g/mol. The number of rotatable bonds is 5. The van der Waals surface area contributed by atoms with Crippen LogP contribution < -0.4 is 15.0 Å². The van der Waals surface area contributed by atoms with E-state index < -0.39 is 0 Å². The summed E-state index contributed by atoms with van der Waals surface area (Å²) in [5.74, 6) is 1.79. The number of piperidine rings is 1. The van der Waals surface area contributed by atoms with Crippen molar-refractivity contribution in [1.82, 2.24) is 15.3 Å². The summed E-state index contributed by atoms with van der Waals surface area (Å²) >= 11 is 0. The van der Waals surface area contributed by atoms with Gasteiger partial charge in [-0.1, -0.05) is 12.1 Å². The van der Waals surface area contributed by atoms with Crippen LogP contribution in [0.3, 0.4) is 0 Å². The Balaban J connectivity index is 1.55. The Bertz CT molecular complexity index is 654. The molecule has 128 valence electrons. The number of nitrogens with one attached hydrogen (secondary N) is 1. The maximum atomic E-state index is 5.35. The first kappa shape index (κ1) is 16.7. The lowest BCUT2D eigenvalue weighted by Gasteiger charge is -2.34. The molecule has 0 unspecified atom stereocenters. The van der Waals surface area contributed by atoms with Crippen LogP contribution in [0.5, 0.6) is 5.75 Å². The van der Waals surface area contributed by atoms with Crippen LogP contribution in [0.4, 0.5) is 5.95 Å². The number of benzene rings is 1. The van der Waals surface area contributed by atoms with E-state index in [2.05, 4.69) is 52.2 Å². The molecule has 2 heterocycles. The van der Waals surface area contributed by atoms with Crippen LogP contribution in [0.15, 0.2) is 36.7 Å². The maximum Gasteiger partial charge on any atom is 0.225 e. The first-order chi connectivity index (χ1) is 11.7. The Kier molecular flexibility index (Phi) is 5.30. The van der Waals surface area contributed by atoms with Gasteiger partial charge in [0.15, 0.2) is 0 Å². The molecule has 2 aromatic rings. The van der Waals surface area contributed by atoms with Gasteiger partial charge < -0.3 is 15.0 Å². The van der Waals surface area contributed by atoms with Gasteiger partial charge in [-0.05, 0) is 49.9 Å². The summed E-state index contributed by atoms with van der Waals surface area (Å²) in [6, 6.07) is 9.13. The zero-order chi connectivity index (χ0) is 16.9. The van der Waals surface area contributed by atoms with Crippen LogP contribution >= 0.6 is 0 Å². The molecule has 5 nitrogen and oxygen atoms in total. The Morgan fingerprint density at radius 3 is 2.54 bits per heavy atom. The minimum atomic E-state index is 0.333. The highest BCUT2D eigenvalue weighted by molar-refractivity contribution is 5.37. The molecule has 24 heavy (non-hydrogen) atoms. The summed E-state index contributed by atoms with van der Waals surface area (Å²) in [6.07, 6.45) is 5.83. The number of nitrogens with zero attached hydrogens (tertiary/aromatic N) is 3. The highest BCUT2D eigenvalue weighted by Gasteiger charge is 2.22. The third-order valence-corrected chi connectivity index (χ3v) is 4.73. The summed E-state index contributed by atoms with van der Waals surface area (Å²) in [5.41, 5.74) is 2.49. The fourth-order valence-corrected chi connectivity index (χ4v) is 3.32. The topological polar surface area (TPSA) is 50.3 Å². The summed E-state index contributed by atoms with van der Waals surface area (Å²) in [6.45, 7) is 6.31. The second-order valence-electron chi connectivity index (χ2n) is 6.43. The van der Waals surface area contributed by atoms with Gasteiger partial charge in [0.1, 0.15) is 5.75 Å². The third-order valence-electron chi connectivity index (χ3n) is 4.73. The Morgan fingerprint density at radius 2 is 1.92 bits per heavy atom. The standard InChI is InChI=1S/C19H26N4O/c1-14-13-16(5-6-18(14)24-3)15(2)22-17-7-11-23(12-8-17)19-20-9-4-10-21-19/h4-6,9-10,13,15,17,22H,7-8,11-12H2,1-3H3/t15-/m1/s1. The highest BCUT2D eigenvalue weighted by Crippen LogP contribution is 2.24. The molecule has 1 aromatic carbocycles. The second kappa shape index (κ2) is 7.62. The van der Waals surface area contributed by atoms with Crippen LogP contribution in [0.25, 0.3) is 0 Å². The van der Waals surface area contributed by atoms with Gasteiger partial charge in [-0.25, -0.2) is 9.97 Å². The van der Waals surface area contributed by atoms with Crippen molar-refractivity contribution in [2.75, 3.05) is 25.1 Å². The quantitative estimate of drug-likeness (QED) is 0.915. The molecule has 1 aromatic heterocycles. The average molecular weight is 326 g/mol. The molecule has 1 aliphatic rings. The number of aromatic nitrogens is 2. The van der Waals surface area contributed by atoms with E-state index in [4.69, 9.17) is 4.74 Å². The summed E-state index contributed by atoms with van der Waals surface area (Å²) in [4.78, 5) is 11.0. The minimum Gasteiger partial charge on any atom is -0.496 e. The molecule has 0 aliphatic carbocycles. The highest BCUT2D eigenvalue weighted by atomic mass is 16.5. The molecule has 1 fully saturated rings. The van der Waals surface area contributed by atoms with E-state index in [-0.39, 0.29) is 0 Å². The first-order valence-corrected chi connectivity index (χ1v) is 8.60. The van der Waals surface area contributed by atoms with Gasteiger partial charge in [0, 0.05) is 37.6 Å². The average Bonchev–Trinajstić information content (AvgIpc) is 2.63. The van der Waals surface area contributed by atoms with Gasteiger partial charge in [0.25, 0.3) is 0 Å². The molecule has 1 N–H and O–H groups in total. The molecule has 1 aliphatic heterocycles. The van der Waals surface area contributed by atoms with Crippen LogP contribution in [-0.2, 0) is 0 Å². The zero-order valence-electron chi connectivity index (χ0n) is 14.7. The van der Waals surface area contributed by atoms with E-state index in [0.717, 1.165) is 37.6 Å². The largest absolute Gasteiger partial charge is 0.496 e. The maximum absolute atomic E-state index is 5.35. The van der Waals surface area contributed by atoms with E-state index in [1.165, 1.54) is 11.1 Å². The molecule has 0 amide bonds. The molecule has 0 radical (unpaired) electrons. The Morgan fingerprint density at radius 1 is 1.21 bits per heavy atom. The van der Waals surface area contributed by atoms with Crippen molar-refractivity contribution in [2.45, 2.75) is 38.8 Å². The fourth-order valence-electron chi connectivity index (χ4n) is 3.32. The van der Waals surface area contributed by atoms with Gasteiger partial charge >= 0.3 is 0 Å². The molecular formula is C19H26N4O. The van der Waals surface area contributed by atoms with Crippen molar-refractivity contribution in [1.29, 1.82) is 0 Å². The van der Waals surface area contributed by atoms with E-state index in [9.17, 15) is 0 Å². The lowest BCUT2D eigenvalue weighted by Crippen LogP contribution is -2.43. The third kappa shape index (κ3) is 3.85. The Hall–Kier alpha value is -2.14. The van der Waals surface area contributed by atoms with Gasteiger partial charge in [-0.15, -0.1) is 0 Å². The van der Waals surface area contributed by atoms with Crippen molar-refractivity contribution >= 4 is 5.95 Å². The molecule has 0 spiro atoms. The fraction of sp³-hybridized carbons (Fsp3) is 0.474. The van der Waals surface area contributed by atoms with Crippen LogP contribution in [0.1, 0.15) is 36.9 Å². The summed E-state index contributed by atoms with van der Waals surface area (Å²) in [5, 5.41) is 3.76. The number of hydrogen-bond acceptors (Lipinski definition) is 5. The summed E-state index contributed by atoms with van der Waals surface area (Å²) in [7, 11) is 1.72. The van der Waals surface area contributed by atoms with Gasteiger partial charge in [0.05, 0.1) is 7.11 Å². The smallest absolute Gasteiger partial charge is 0.225 e. The number of anilines is 1. The second-order valence-corrected chi connectivity index (χ2v) is 6.43. The normalized spacial score (nSPS) is 16.9. The van der Waals surface area contributed by atoms with Crippen LogP contribution in [0.2, 0.25) is 0 Å². The van der Waals surface area contributed by atoms with Gasteiger partial charge in [-0.3, -0.25) is 0 Å². The lowest BCUT2D eigenvalue weighted by atomic mass is 10.0. The van der Waals surface area contributed by atoms with E-state index in [0.29, 0.717) is 12.1 Å². The number of aryl methyl sites for hydroxylation is 1. The first-order valence-electron chi connectivity index (χ1n) is 8.60. The molecule has 0 bridgehead atoms. The van der Waals surface area contributed by atoms with Gasteiger partial charge in [0.2, 0.25) is 5.95 Å². The van der Waals surface area contributed by atoms with Crippen LogP contribution in [-0.4, -0.2) is 36.2 Å².